The van der Waals surface area contributed by atoms with Gasteiger partial charge in [0.2, 0.25) is 0 Å². The summed E-state index contributed by atoms with van der Waals surface area (Å²) in [6.45, 7) is 2.79. The number of esters is 1. The molecule has 78 valence electrons. The van der Waals surface area contributed by atoms with Gasteiger partial charge in [-0.3, -0.25) is 4.79 Å². The Labute approximate surface area is 82.9 Å². The zero-order valence-corrected chi connectivity index (χ0v) is 8.43. The van der Waals surface area contributed by atoms with Gasteiger partial charge in [-0.1, -0.05) is 0 Å². The minimum Gasteiger partial charge on any atom is -0.469 e. The van der Waals surface area contributed by atoms with E-state index in [0.29, 0.717) is 0 Å². The van der Waals surface area contributed by atoms with Crippen LogP contribution in [0.25, 0.3) is 0 Å². The molecule has 0 spiro atoms. The van der Waals surface area contributed by atoms with E-state index in [1.165, 1.54) is 7.11 Å². The average Bonchev–Trinajstić information content (AvgIpc) is 2.65. The van der Waals surface area contributed by atoms with E-state index in [9.17, 15) is 4.79 Å². The highest BCUT2D eigenvalue weighted by Gasteiger charge is 2.15. The van der Waals surface area contributed by atoms with Crippen LogP contribution in [0.5, 0.6) is 0 Å². The predicted molar refractivity (Wildman–Crippen MR) is 51.5 cm³/mol. The van der Waals surface area contributed by atoms with E-state index in [1.54, 1.807) is 6.20 Å². The van der Waals surface area contributed by atoms with Gasteiger partial charge in [-0.05, 0) is 6.92 Å². The largest absolute Gasteiger partial charge is 0.469 e. The summed E-state index contributed by atoms with van der Waals surface area (Å²) in [7, 11) is 1.35. The van der Waals surface area contributed by atoms with Gasteiger partial charge < -0.3 is 15.0 Å². The van der Waals surface area contributed by atoms with E-state index >= 15 is 0 Å². The lowest BCUT2D eigenvalue weighted by Crippen LogP contribution is -2.20. The van der Waals surface area contributed by atoms with Crippen molar-refractivity contribution in [3.63, 3.8) is 0 Å². The average molecular weight is 197 g/mol. The minimum absolute atomic E-state index is 0.160. The molecule has 1 aromatic rings. The van der Waals surface area contributed by atoms with Crippen LogP contribution in [-0.2, 0) is 16.1 Å². The van der Waals surface area contributed by atoms with Crippen molar-refractivity contribution in [3.8, 4) is 0 Å². The van der Waals surface area contributed by atoms with Gasteiger partial charge in [0.25, 0.3) is 0 Å². The maximum Gasteiger partial charge on any atom is 0.307 e. The summed E-state index contributed by atoms with van der Waals surface area (Å²) in [4.78, 5) is 15.1. The fourth-order valence-electron chi connectivity index (χ4n) is 1.27. The number of carbonyl (C=O) groups excluding carboxylic acids is 1. The second-order valence-corrected chi connectivity index (χ2v) is 2.96. The highest BCUT2D eigenvalue weighted by Crippen LogP contribution is 2.12. The molecule has 0 fully saturated rings. The number of carbonyl (C=O) groups is 1. The van der Waals surface area contributed by atoms with E-state index < -0.39 is 6.04 Å². The summed E-state index contributed by atoms with van der Waals surface area (Å²) in [6.07, 6.45) is 3.68. The van der Waals surface area contributed by atoms with Crippen molar-refractivity contribution in [2.45, 2.75) is 25.9 Å². The van der Waals surface area contributed by atoms with Gasteiger partial charge in [-0.2, -0.15) is 0 Å². The summed E-state index contributed by atoms with van der Waals surface area (Å²) in [6, 6.07) is -0.391. The number of hydrogen-bond acceptors (Lipinski definition) is 4. The summed E-state index contributed by atoms with van der Waals surface area (Å²) in [5.74, 6) is 0.404. The fourth-order valence-corrected chi connectivity index (χ4v) is 1.27. The van der Waals surface area contributed by atoms with Crippen LogP contribution < -0.4 is 5.73 Å². The number of nitrogens with zero attached hydrogens (tertiary/aromatic N) is 2. The summed E-state index contributed by atoms with van der Waals surface area (Å²) < 4.78 is 6.45. The van der Waals surface area contributed by atoms with E-state index in [2.05, 4.69) is 9.72 Å². The number of hydrogen-bond donors (Lipinski definition) is 1. The van der Waals surface area contributed by atoms with E-state index in [0.717, 1.165) is 12.4 Å². The number of nitrogens with two attached hydrogens (primary N) is 1. The molecule has 0 aliphatic rings. The van der Waals surface area contributed by atoms with Crippen LogP contribution >= 0.6 is 0 Å². The van der Waals surface area contributed by atoms with Gasteiger partial charge in [0, 0.05) is 18.9 Å². The molecule has 0 bridgehead atoms. The quantitative estimate of drug-likeness (QED) is 0.712. The summed E-state index contributed by atoms with van der Waals surface area (Å²) in [5.41, 5.74) is 5.81. The van der Waals surface area contributed by atoms with Crippen LogP contribution in [0, 0.1) is 0 Å². The van der Waals surface area contributed by atoms with Gasteiger partial charge in [-0.15, -0.1) is 0 Å². The third kappa shape index (κ3) is 2.32. The molecule has 0 aliphatic heterocycles. The molecule has 0 saturated carbocycles. The molecule has 0 unspecified atom stereocenters. The Kier molecular flexibility index (Phi) is 3.64. The molecular weight excluding hydrogens is 182 g/mol. The van der Waals surface area contributed by atoms with Crippen LogP contribution in [0.1, 0.15) is 25.2 Å². The Morgan fingerprint density at radius 2 is 2.50 bits per heavy atom. The van der Waals surface area contributed by atoms with Crippen LogP contribution in [0.3, 0.4) is 0 Å². The molecule has 0 aliphatic carbocycles. The van der Waals surface area contributed by atoms with E-state index in [4.69, 9.17) is 5.73 Å². The topological polar surface area (TPSA) is 70.1 Å². The molecule has 0 saturated heterocycles. The first kappa shape index (κ1) is 10.7. The molecule has 2 N–H and O–H groups in total. The van der Waals surface area contributed by atoms with Crippen LogP contribution in [-0.4, -0.2) is 22.6 Å². The third-order valence-electron chi connectivity index (χ3n) is 2.03. The van der Waals surface area contributed by atoms with Crippen molar-refractivity contribution in [2.75, 3.05) is 7.11 Å². The number of aryl methyl sites for hydroxylation is 1. The number of aromatic nitrogens is 2. The first-order valence-electron chi connectivity index (χ1n) is 4.52. The maximum absolute atomic E-state index is 11.0. The lowest BCUT2D eigenvalue weighted by atomic mass is 10.2. The number of methoxy groups -OCH3 is 1. The van der Waals surface area contributed by atoms with Crippen molar-refractivity contribution < 1.29 is 9.53 Å². The Balaban J connectivity index is 2.68. The molecule has 5 nitrogen and oxygen atoms in total. The Morgan fingerprint density at radius 1 is 1.79 bits per heavy atom. The van der Waals surface area contributed by atoms with Gasteiger partial charge in [0.05, 0.1) is 19.6 Å². The van der Waals surface area contributed by atoms with Crippen LogP contribution in [0.15, 0.2) is 12.4 Å². The second kappa shape index (κ2) is 4.76. The highest BCUT2D eigenvalue weighted by molar-refractivity contribution is 5.70. The van der Waals surface area contributed by atoms with Crippen molar-refractivity contribution >= 4 is 5.97 Å². The number of imidazole rings is 1. The Bertz CT molecular complexity index is 309. The van der Waals surface area contributed by atoms with Crippen molar-refractivity contribution in [2.24, 2.45) is 5.73 Å². The minimum atomic E-state index is -0.391. The third-order valence-corrected chi connectivity index (χ3v) is 2.03. The Hall–Kier alpha value is -1.36. The standard InChI is InChI=1S/C9H15N3O2/c1-3-12-5-4-11-9(12)7(10)6-8(13)14-2/h4-5,7H,3,6,10H2,1-2H3/t7-/m1/s1. The van der Waals surface area contributed by atoms with Crippen LogP contribution in [0.4, 0.5) is 0 Å². The first-order chi connectivity index (χ1) is 6.69. The van der Waals surface area contributed by atoms with Crippen molar-refractivity contribution in [1.82, 2.24) is 9.55 Å². The lowest BCUT2D eigenvalue weighted by Gasteiger charge is -2.11. The molecule has 1 aromatic heterocycles. The van der Waals surface area contributed by atoms with Gasteiger partial charge in [0.15, 0.2) is 0 Å². The maximum atomic E-state index is 11.0. The normalized spacial score (nSPS) is 12.5. The first-order valence-corrected chi connectivity index (χ1v) is 4.52. The number of ether oxygens (including phenoxy) is 1. The fraction of sp³-hybridized carbons (Fsp3) is 0.556. The molecule has 5 heteroatoms. The number of rotatable bonds is 4. The molecule has 14 heavy (non-hydrogen) atoms. The van der Waals surface area contributed by atoms with E-state index in [1.807, 2.05) is 17.7 Å². The Morgan fingerprint density at radius 3 is 3.07 bits per heavy atom. The molecule has 0 amide bonds. The summed E-state index contributed by atoms with van der Waals surface area (Å²) in [5, 5.41) is 0. The van der Waals surface area contributed by atoms with Crippen molar-refractivity contribution in [1.29, 1.82) is 0 Å². The van der Waals surface area contributed by atoms with E-state index in [-0.39, 0.29) is 12.4 Å². The predicted octanol–water partition coefficient (Wildman–Crippen LogP) is 0.466. The van der Waals surface area contributed by atoms with Gasteiger partial charge >= 0.3 is 5.97 Å². The monoisotopic (exact) mass is 197 g/mol. The zero-order chi connectivity index (χ0) is 10.6. The summed E-state index contributed by atoms with van der Waals surface area (Å²) >= 11 is 0. The molecule has 1 atom stereocenters. The second-order valence-electron chi connectivity index (χ2n) is 2.96. The molecule has 1 heterocycles. The molecule has 1 rings (SSSR count). The molecular formula is C9H15N3O2. The smallest absolute Gasteiger partial charge is 0.307 e. The van der Waals surface area contributed by atoms with Crippen molar-refractivity contribution in [3.05, 3.63) is 18.2 Å². The van der Waals surface area contributed by atoms with Gasteiger partial charge in [-0.25, -0.2) is 4.98 Å². The highest BCUT2D eigenvalue weighted by atomic mass is 16.5. The molecule has 0 radical (unpaired) electrons. The van der Waals surface area contributed by atoms with Crippen LogP contribution in [0.2, 0.25) is 0 Å². The molecule has 0 aromatic carbocycles. The van der Waals surface area contributed by atoms with Gasteiger partial charge in [0.1, 0.15) is 5.82 Å². The SMILES string of the molecule is CCn1ccnc1[C@H](N)CC(=O)OC. The lowest BCUT2D eigenvalue weighted by molar-refractivity contribution is -0.141. The zero-order valence-electron chi connectivity index (χ0n) is 8.43.